The van der Waals surface area contributed by atoms with Gasteiger partial charge in [0.05, 0.1) is 12.2 Å². The number of ether oxygens (including phenoxy) is 1. The van der Waals surface area contributed by atoms with Crippen molar-refractivity contribution in [2.45, 2.75) is 13.5 Å². The van der Waals surface area contributed by atoms with Crippen molar-refractivity contribution in [3.05, 3.63) is 101 Å². The number of carbonyl (C=O) groups is 2. The largest absolute Gasteiger partial charge is 0.492 e. The Hall–Kier alpha value is -3.64. The summed E-state index contributed by atoms with van der Waals surface area (Å²) in [5, 5.41) is 9.11. The fraction of sp³-hybridized carbons (Fsp3) is 0.120. The van der Waals surface area contributed by atoms with E-state index in [2.05, 4.69) is 0 Å². The number of hydrogen-bond acceptors (Lipinski definition) is 4. The van der Waals surface area contributed by atoms with Gasteiger partial charge in [-0.2, -0.15) is 0 Å². The second-order valence-electron chi connectivity index (χ2n) is 7.13. The minimum atomic E-state index is -0.925. The lowest BCUT2D eigenvalue weighted by molar-refractivity contribution is 0.0702. The summed E-state index contributed by atoms with van der Waals surface area (Å²) in [5.74, 6) is -0.244. The highest BCUT2D eigenvalue weighted by Crippen LogP contribution is 2.30. The molecule has 0 radical (unpaired) electrons. The second-order valence-corrected chi connectivity index (χ2v) is 8.21. The van der Waals surface area contributed by atoms with Crippen molar-refractivity contribution in [2.75, 3.05) is 6.61 Å². The summed E-state index contributed by atoms with van der Waals surface area (Å²) in [6.07, 6.45) is 1.88. The number of carboxylic acid groups (broad SMARTS) is 1. The lowest BCUT2D eigenvalue weighted by Crippen LogP contribution is -2.14. The average Bonchev–Trinajstić information content (AvgIpc) is 3.44. The molecule has 0 fully saturated rings. The quantitative estimate of drug-likeness (QED) is 0.372. The number of hydrogen-bond donors (Lipinski definition) is 1. The van der Waals surface area contributed by atoms with E-state index in [-0.39, 0.29) is 5.78 Å². The third-order valence-corrected chi connectivity index (χ3v) is 6.03. The maximum atomic E-state index is 12.8. The zero-order chi connectivity index (χ0) is 21.8. The number of aryl methyl sites for hydroxylation is 1. The van der Waals surface area contributed by atoms with Gasteiger partial charge in [-0.3, -0.25) is 4.79 Å². The number of ketones is 1. The minimum Gasteiger partial charge on any atom is -0.492 e. The van der Waals surface area contributed by atoms with E-state index in [1.165, 1.54) is 11.3 Å². The van der Waals surface area contributed by atoms with E-state index in [0.29, 0.717) is 35.0 Å². The molecular weight excluding hydrogens is 410 g/mol. The molecule has 0 spiro atoms. The van der Waals surface area contributed by atoms with Gasteiger partial charge in [-0.15, -0.1) is 11.3 Å². The van der Waals surface area contributed by atoms with Crippen LogP contribution in [0.1, 0.15) is 31.3 Å². The Morgan fingerprint density at radius 2 is 1.81 bits per heavy atom. The van der Waals surface area contributed by atoms with Crippen LogP contribution in [0, 0.1) is 6.92 Å². The Morgan fingerprint density at radius 3 is 2.55 bits per heavy atom. The van der Waals surface area contributed by atoms with E-state index in [9.17, 15) is 9.59 Å². The standard InChI is InChI=1S/C25H21NO4S/c1-17-7-9-18(10-8-17)24(27)21-6-3-13-26(21)14-15-30-20-5-2-4-19(16-20)22-11-12-23(31-22)25(28)29/h2-13,16H,14-15H2,1H3,(H,28,29). The molecule has 0 unspecified atom stereocenters. The van der Waals surface area contributed by atoms with Gasteiger partial charge in [0.15, 0.2) is 0 Å². The van der Waals surface area contributed by atoms with Gasteiger partial charge in [-0.25, -0.2) is 4.79 Å². The molecular formula is C25H21NO4S. The number of nitrogens with zero attached hydrogens (tertiary/aromatic N) is 1. The Morgan fingerprint density at radius 1 is 1.00 bits per heavy atom. The molecule has 31 heavy (non-hydrogen) atoms. The first-order valence-electron chi connectivity index (χ1n) is 9.84. The Balaban J connectivity index is 1.41. The molecule has 0 amide bonds. The average molecular weight is 432 g/mol. The molecule has 2 aromatic carbocycles. The summed E-state index contributed by atoms with van der Waals surface area (Å²) in [6, 6.07) is 22.2. The van der Waals surface area contributed by atoms with Crippen LogP contribution >= 0.6 is 11.3 Å². The normalized spacial score (nSPS) is 10.7. The van der Waals surface area contributed by atoms with E-state index in [1.807, 2.05) is 78.4 Å². The molecule has 1 N–H and O–H groups in total. The van der Waals surface area contributed by atoms with E-state index in [4.69, 9.17) is 9.84 Å². The van der Waals surface area contributed by atoms with E-state index in [1.54, 1.807) is 12.1 Å². The molecule has 0 aliphatic heterocycles. The molecule has 0 atom stereocenters. The summed E-state index contributed by atoms with van der Waals surface area (Å²) in [7, 11) is 0. The molecule has 156 valence electrons. The van der Waals surface area contributed by atoms with Gasteiger partial charge in [-0.1, -0.05) is 42.0 Å². The number of aromatic carboxylic acids is 1. The molecule has 0 aliphatic carbocycles. The Kier molecular flexibility index (Phi) is 6.00. The fourth-order valence-corrected chi connectivity index (χ4v) is 4.12. The van der Waals surface area contributed by atoms with Crippen LogP contribution in [-0.2, 0) is 6.54 Å². The summed E-state index contributed by atoms with van der Waals surface area (Å²) < 4.78 is 7.80. The number of benzene rings is 2. The molecule has 4 aromatic rings. The molecule has 0 bridgehead atoms. The molecule has 4 rings (SSSR count). The van der Waals surface area contributed by atoms with Crippen LogP contribution < -0.4 is 4.74 Å². The number of aromatic nitrogens is 1. The van der Waals surface area contributed by atoms with Crippen molar-refractivity contribution >= 4 is 23.1 Å². The SMILES string of the molecule is Cc1ccc(C(=O)c2cccn2CCOc2cccc(-c3ccc(C(=O)O)s3)c2)cc1. The third kappa shape index (κ3) is 4.75. The van der Waals surface area contributed by atoms with E-state index >= 15 is 0 Å². The zero-order valence-corrected chi connectivity index (χ0v) is 17.8. The van der Waals surface area contributed by atoms with Gasteiger partial charge < -0.3 is 14.4 Å². The smallest absolute Gasteiger partial charge is 0.345 e. The topological polar surface area (TPSA) is 68.5 Å². The minimum absolute atomic E-state index is 0.0149. The number of thiophene rings is 1. The van der Waals surface area contributed by atoms with Gasteiger partial charge in [0.1, 0.15) is 17.2 Å². The predicted octanol–water partition coefficient (Wildman–Crippen LogP) is 5.53. The van der Waals surface area contributed by atoms with Crippen molar-refractivity contribution in [3.8, 4) is 16.2 Å². The van der Waals surface area contributed by atoms with Crippen molar-refractivity contribution in [3.63, 3.8) is 0 Å². The predicted molar refractivity (Wildman–Crippen MR) is 121 cm³/mol. The maximum absolute atomic E-state index is 12.8. The second kappa shape index (κ2) is 9.02. The van der Waals surface area contributed by atoms with Crippen LogP contribution in [0.15, 0.2) is 79.0 Å². The summed E-state index contributed by atoms with van der Waals surface area (Å²) in [4.78, 5) is 25.1. The van der Waals surface area contributed by atoms with Gasteiger partial charge in [0, 0.05) is 16.6 Å². The highest BCUT2D eigenvalue weighted by atomic mass is 32.1. The lowest BCUT2D eigenvalue weighted by Gasteiger charge is -2.11. The zero-order valence-electron chi connectivity index (χ0n) is 16.9. The molecule has 5 nitrogen and oxygen atoms in total. The van der Waals surface area contributed by atoms with Crippen molar-refractivity contribution < 1.29 is 19.4 Å². The third-order valence-electron chi connectivity index (χ3n) is 4.91. The Bertz CT molecular complexity index is 1220. The van der Waals surface area contributed by atoms with Gasteiger partial charge >= 0.3 is 5.97 Å². The fourth-order valence-electron chi connectivity index (χ4n) is 3.28. The number of rotatable bonds is 8. The van der Waals surface area contributed by atoms with Gasteiger partial charge in [0.2, 0.25) is 5.78 Å². The molecule has 0 saturated heterocycles. The highest BCUT2D eigenvalue weighted by molar-refractivity contribution is 7.17. The monoisotopic (exact) mass is 431 g/mol. The van der Waals surface area contributed by atoms with Gasteiger partial charge in [-0.05, 0) is 48.9 Å². The molecule has 6 heteroatoms. The van der Waals surface area contributed by atoms with Crippen molar-refractivity contribution in [2.24, 2.45) is 0 Å². The first kappa shape index (κ1) is 20.6. The lowest BCUT2D eigenvalue weighted by atomic mass is 10.1. The molecule has 0 aliphatic rings. The van der Waals surface area contributed by atoms with Gasteiger partial charge in [0.25, 0.3) is 0 Å². The molecule has 2 heterocycles. The number of carboxylic acids is 1. The first-order chi connectivity index (χ1) is 15.0. The van der Waals surface area contributed by atoms with Crippen LogP contribution in [-0.4, -0.2) is 28.0 Å². The van der Waals surface area contributed by atoms with Crippen molar-refractivity contribution in [1.29, 1.82) is 0 Å². The van der Waals surface area contributed by atoms with Crippen LogP contribution in [0.25, 0.3) is 10.4 Å². The summed E-state index contributed by atoms with van der Waals surface area (Å²) in [5.41, 5.74) is 3.31. The van der Waals surface area contributed by atoms with Crippen LogP contribution in [0.2, 0.25) is 0 Å². The molecule has 0 saturated carbocycles. The Labute approximate surface area is 184 Å². The molecule has 2 aromatic heterocycles. The van der Waals surface area contributed by atoms with E-state index < -0.39 is 5.97 Å². The highest BCUT2D eigenvalue weighted by Gasteiger charge is 2.13. The summed E-state index contributed by atoms with van der Waals surface area (Å²) in [6.45, 7) is 2.93. The summed E-state index contributed by atoms with van der Waals surface area (Å²) >= 11 is 1.23. The first-order valence-corrected chi connectivity index (χ1v) is 10.7. The van der Waals surface area contributed by atoms with Crippen molar-refractivity contribution in [1.82, 2.24) is 4.57 Å². The van der Waals surface area contributed by atoms with Crippen LogP contribution in [0.4, 0.5) is 0 Å². The van der Waals surface area contributed by atoms with E-state index in [0.717, 1.165) is 16.0 Å². The van der Waals surface area contributed by atoms with Crippen LogP contribution in [0.5, 0.6) is 5.75 Å². The maximum Gasteiger partial charge on any atom is 0.345 e. The number of carbonyl (C=O) groups excluding carboxylic acids is 1. The van der Waals surface area contributed by atoms with Crippen LogP contribution in [0.3, 0.4) is 0 Å².